The lowest BCUT2D eigenvalue weighted by atomic mass is 10.1. The van der Waals surface area contributed by atoms with Gasteiger partial charge in [-0.2, -0.15) is 0 Å². The summed E-state index contributed by atoms with van der Waals surface area (Å²) in [4.78, 5) is 31.5. The average molecular weight is 426 g/mol. The third-order valence-corrected chi connectivity index (χ3v) is 6.07. The van der Waals surface area contributed by atoms with Gasteiger partial charge in [-0.15, -0.1) is 0 Å². The number of thiazole rings is 1. The molecule has 0 bridgehead atoms. The highest BCUT2D eigenvalue weighted by Crippen LogP contribution is 2.35. The molecular weight excluding hydrogens is 404 g/mol. The first-order valence-corrected chi connectivity index (χ1v) is 10.5. The highest BCUT2D eigenvalue weighted by molar-refractivity contribution is 7.22. The normalized spacial score (nSPS) is 15.9. The van der Waals surface area contributed by atoms with Crippen molar-refractivity contribution in [2.75, 3.05) is 32.3 Å². The summed E-state index contributed by atoms with van der Waals surface area (Å²) in [6.07, 6.45) is 1.85. The van der Waals surface area contributed by atoms with Crippen LogP contribution in [0.4, 0.5) is 5.13 Å². The second-order valence-electron chi connectivity index (χ2n) is 6.92. The van der Waals surface area contributed by atoms with E-state index in [4.69, 9.17) is 19.2 Å². The van der Waals surface area contributed by atoms with E-state index in [1.807, 2.05) is 18.2 Å². The number of methoxy groups -OCH3 is 2. The summed E-state index contributed by atoms with van der Waals surface area (Å²) in [5.41, 5.74) is 1.59. The summed E-state index contributed by atoms with van der Waals surface area (Å²) in [5.74, 6) is 0.0327. The highest BCUT2D eigenvalue weighted by Gasteiger charge is 2.27. The molecule has 1 aromatic heterocycles. The minimum Gasteiger partial charge on any atom is -0.494 e. The number of benzene rings is 2. The fourth-order valence-electron chi connectivity index (χ4n) is 3.45. The number of ether oxygens (including phenoxy) is 3. The number of nitrogens with zero attached hydrogens (tertiary/aromatic N) is 2. The number of hydrogen-bond acceptors (Lipinski definition) is 7. The van der Waals surface area contributed by atoms with Crippen molar-refractivity contribution >= 4 is 38.6 Å². The molecule has 0 saturated carbocycles. The molecule has 1 atom stereocenters. The molecule has 0 N–H and O–H groups in total. The molecule has 0 radical (unpaired) electrons. The maximum atomic E-state index is 13.4. The third kappa shape index (κ3) is 4.01. The van der Waals surface area contributed by atoms with Gasteiger partial charge in [0.15, 0.2) is 5.13 Å². The molecule has 0 spiro atoms. The number of para-hydroxylation sites is 1. The molecule has 1 aliphatic heterocycles. The van der Waals surface area contributed by atoms with Crippen LogP contribution in [0.1, 0.15) is 33.6 Å². The van der Waals surface area contributed by atoms with E-state index in [1.165, 1.54) is 18.4 Å². The number of fused-ring (bicyclic) bond motifs is 1. The van der Waals surface area contributed by atoms with Gasteiger partial charge in [0.2, 0.25) is 0 Å². The molecular formula is C22H22N2O5S. The smallest absolute Gasteiger partial charge is 0.337 e. The van der Waals surface area contributed by atoms with Crippen molar-refractivity contribution in [1.82, 2.24) is 4.98 Å². The Labute approximate surface area is 178 Å². The Morgan fingerprint density at radius 2 is 1.93 bits per heavy atom. The zero-order valence-corrected chi connectivity index (χ0v) is 17.6. The van der Waals surface area contributed by atoms with E-state index >= 15 is 0 Å². The van der Waals surface area contributed by atoms with Gasteiger partial charge in [0.1, 0.15) is 11.3 Å². The summed E-state index contributed by atoms with van der Waals surface area (Å²) in [7, 11) is 2.93. The van der Waals surface area contributed by atoms with E-state index in [-0.39, 0.29) is 12.0 Å². The van der Waals surface area contributed by atoms with Crippen LogP contribution in [0.5, 0.6) is 5.75 Å². The van der Waals surface area contributed by atoms with Crippen molar-refractivity contribution in [2.24, 2.45) is 0 Å². The Bertz CT molecular complexity index is 1060. The van der Waals surface area contributed by atoms with Gasteiger partial charge in [-0.25, -0.2) is 9.78 Å². The molecule has 2 aromatic carbocycles. The van der Waals surface area contributed by atoms with Crippen molar-refractivity contribution in [3.8, 4) is 5.75 Å². The summed E-state index contributed by atoms with van der Waals surface area (Å²) >= 11 is 1.44. The van der Waals surface area contributed by atoms with Crippen LogP contribution in [-0.2, 0) is 9.47 Å². The number of rotatable bonds is 6. The molecule has 4 rings (SSSR count). The zero-order chi connectivity index (χ0) is 21.1. The summed E-state index contributed by atoms with van der Waals surface area (Å²) in [6, 6.07) is 12.1. The van der Waals surface area contributed by atoms with Crippen LogP contribution in [-0.4, -0.2) is 50.3 Å². The van der Waals surface area contributed by atoms with Crippen LogP contribution in [0.2, 0.25) is 0 Å². The van der Waals surface area contributed by atoms with Gasteiger partial charge in [0.05, 0.1) is 37.1 Å². The SMILES string of the molecule is COC(=O)c1ccc(C(=O)N(CC2CCCO2)c2nc3c(OC)cccc3s2)cc1. The summed E-state index contributed by atoms with van der Waals surface area (Å²) in [6.45, 7) is 1.12. The quantitative estimate of drug-likeness (QED) is 0.556. The van der Waals surface area contributed by atoms with E-state index in [0.29, 0.717) is 35.2 Å². The van der Waals surface area contributed by atoms with Crippen molar-refractivity contribution in [3.05, 3.63) is 53.6 Å². The fourth-order valence-corrected chi connectivity index (χ4v) is 4.44. The Kier molecular flexibility index (Phi) is 5.96. The Morgan fingerprint density at radius 3 is 2.60 bits per heavy atom. The lowest BCUT2D eigenvalue weighted by molar-refractivity contribution is 0.0600. The second-order valence-corrected chi connectivity index (χ2v) is 7.93. The van der Waals surface area contributed by atoms with Crippen LogP contribution >= 0.6 is 11.3 Å². The van der Waals surface area contributed by atoms with Crippen LogP contribution in [0.3, 0.4) is 0 Å². The molecule has 1 aliphatic rings. The second kappa shape index (κ2) is 8.81. The Hall–Kier alpha value is -2.97. The minimum atomic E-state index is -0.441. The number of hydrogen-bond donors (Lipinski definition) is 0. The van der Waals surface area contributed by atoms with E-state index in [1.54, 1.807) is 36.3 Å². The monoisotopic (exact) mass is 426 g/mol. The number of anilines is 1. The average Bonchev–Trinajstić information content (AvgIpc) is 3.45. The van der Waals surface area contributed by atoms with Gasteiger partial charge >= 0.3 is 5.97 Å². The predicted molar refractivity (Wildman–Crippen MR) is 115 cm³/mol. The lowest BCUT2D eigenvalue weighted by Crippen LogP contribution is -2.37. The molecule has 2 heterocycles. The lowest BCUT2D eigenvalue weighted by Gasteiger charge is -2.23. The molecule has 1 amide bonds. The van der Waals surface area contributed by atoms with E-state index in [2.05, 4.69) is 0 Å². The van der Waals surface area contributed by atoms with Gasteiger partial charge in [-0.3, -0.25) is 9.69 Å². The number of aromatic nitrogens is 1. The molecule has 0 aliphatic carbocycles. The van der Waals surface area contributed by atoms with Crippen LogP contribution in [0, 0.1) is 0 Å². The van der Waals surface area contributed by atoms with Crippen LogP contribution < -0.4 is 9.64 Å². The van der Waals surface area contributed by atoms with Crippen molar-refractivity contribution in [3.63, 3.8) is 0 Å². The maximum absolute atomic E-state index is 13.4. The Balaban J connectivity index is 1.69. The van der Waals surface area contributed by atoms with Crippen molar-refractivity contribution in [2.45, 2.75) is 18.9 Å². The molecule has 1 unspecified atom stereocenters. The fraction of sp³-hybridized carbons (Fsp3) is 0.318. The zero-order valence-electron chi connectivity index (χ0n) is 16.8. The maximum Gasteiger partial charge on any atom is 0.337 e. The number of esters is 1. The molecule has 8 heteroatoms. The Morgan fingerprint density at radius 1 is 1.17 bits per heavy atom. The molecule has 3 aromatic rings. The van der Waals surface area contributed by atoms with Gasteiger partial charge in [0.25, 0.3) is 5.91 Å². The van der Waals surface area contributed by atoms with Gasteiger partial charge in [-0.05, 0) is 49.2 Å². The molecule has 30 heavy (non-hydrogen) atoms. The van der Waals surface area contributed by atoms with Crippen molar-refractivity contribution in [1.29, 1.82) is 0 Å². The summed E-state index contributed by atoms with van der Waals surface area (Å²) in [5, 5.41) is 0.590. The first kappa shape index (κ1) is 20.3. The third-order valence-electron chi connectivity index (χ3n) is 5.03. The van der Waals surface area contributed by atoms with Crippen molar-refractivity contribution < 1.29 is 23.8 Å². The number of carbonyl (C=O) groups is 2. The summed E-state index contributed by atoms with van der Waals surface area (Å²) < 4.78 is 16.9. The topological polar surface area (TPSA) is 78.0 Å². The standard InChI is InChI=1S/C22H22N2O5S/c1-27-17-6-3-7-18-19(17)23-22(30-18)24(13-16-5-4-12-29-16)20(25)14-8-10-15(11-9-14)21(26)28-2/h3,6-11,16H,4-5,12-13H2,1-2H3. The van der Waals surface area contributed by atoms with Gasteiger partial charge < -0.3 is 14.2 Å². The first-order chi connectivity index (χ1) is 14.6. The minimum absolute atomic E-state index is 0.0304. The van der Waals surface area contributed by atoms with Crippen LogP contribution in [0.15, 0.2) is 42.5 Å². The number of amides is 1. The molecule has 7 nitrogen and oxygen atoms in total. The van der Waals surface area contributed by atoms with E-state index < -0.39 is 5.97 Å². The first-order valence-electron chi connectivity index (χ1n) is 9.66. The number of carbonyl (C=O) groups excluding carboxylic acids is 2. The van der Waals surface area contributed by atoms with E-state index in [9.17, 15) is 9.59 Å². The van der Waals surface area contributed by atoms with Gasteiger partial charge in [0, 0.05) is 12.2 Å². The largest absolute Gasteiger partial charge is 0.494 e. The van der Waals surface area contributed by atoms with Gasteiger partial charge in [-0.1, -0.05) is 17.4 Å². The predicted octanol–water partition coefficient (Wildman–Crippen LogP) is 3.92. The highest BCUT2D eigenvalue weighted by atomic mass is 32.1. The molecule has 156 valence electrons. The molecule has 1 saturated heterocycles. The van der Waals surface area contributed by atoms with Crippen LogP contribution in [0.25, 0.3) is 10.2 Å². The van der Waals surface area contributed by atoms with E-state index in [0.717, 1.165) is 23.1 Å². The molecule has 1 fully saturated rings.